The Hall–Kier alpha value is -0.500. The zero-order valence-electron chi connectivity index (χ0n) is 12.4. The molecule has 0 aliphatic heterocycles. The quantitative estimate of drug-likeness (QED) is 0.377. The third-order valence-electron chi connectivity index (χ3n) is 3.43. The van der Waals surface area contributed by atoms with Gasteiger partial charge in [0.1, 0.15) is 5.75 Å². The lowest BCUT2D eigenvalue weighted by atomic mass is 10.1. The fraction of sp³-hybridized carbons (Fsp3) is 0.647. The molecule has 1 aromatic carbocycles. The summed E-state index contributed by atoms with van der Waals surface area (Å²) in [5, 5.41) is 0.862. The molecule has 0 saturated carbocycles. The van der Waals surface area contributed by atoms with Gasteiger partial charge in [-0.05, 0) is 18.9 Å². The highest BCUT2D eigenvalue weighted by atomic mass is 79.9. The van der Waals surface area contributed by atoms with Crippen molar-refractivity contribution in [2.45, 2.75) is 64.1 Å². The molecule has 0 fully saturated rings. The minimum absolute atomic E-state index is 0.846. The fourth-order valence-corrected chi connectivity index (χ4v) is 2.70. The number of rotatable bonds is 10. The Kier molecular flexibility index (Phi) is 8.98. The van der Waals surface area contributed by atoms with Crippen molar-refractivity contribution < 1.29 is 4.74 Å². The lowest BCUT2D eigenvalue weighted by Crippen LogP contribution is -2.01. The van der Waals surface area contributed by atoms with Gasteiger partial charge < -0.3 is 4.74 Å². The van der Waals surface area contributed by atoms with E-state index in [1.807, 2.05) is 0 Å². The minimum Gasteiger partial charge on any atom is -0.493 e. The fourth-order valence-electron chi connectivity index (χ4n) is 2.26. The summed E-state index contributed by atoms with van der Waals surface area (Å²) >= 11 is 3.52. The van der Waals surface area contributed by atoms with Crippen LogP contribution in [0, 0.1) is 6.92 Å². The summed E-state index contributed by atoms with van der Waals surface area (Å²) < 4.78 is 5.96. The maximum absolute atomic E-state index is 5.96. The van der Waals surface area contributed by atoms with E-state index in [0.29, 0.717) is 0 Å². The van der Waals surface area contributed by atoms with Gasteiger partial charge in [-0.2, -0.15) is 0 Å². The Labute approximate surface area is 126 Å². The van der Waals surface area contributed by atoms with E-state index in [1.54, 1.807) is 0 Å². The maximum Gasteiger partial charge on any atom is 0.126 e. The van der Waals surface area contributed by atoms with Crippen molar-refractivity contribution in [3.8, 4) is 5.75 Å². The number of aryl methyl sites for hydroxylation is 1. The highest BCUT2D eigenvalue weighted by Crippen LogP contribution is 2.25. The smallest absolute Gasteiger partial charge is 0.126 e. The summed E-state index contributed by atoms with van der Waals surface area (Å²) in [6.45, 7) is 5.22. The van der Waals surface area contributed by atoms with Gasteiger partial charge >= 0.3 is 0 Å². The van der Waals surface area contributed by atoms with Crippen molar-refractivity contribution in [2.75, 3.05) is 6.61 Å². The molecular formula is C17H27BrO. The molecule has 2 heteroatoms. The second-order valence-corrected chi connectivity index (χ2v) is 5.73. The van der Waals surface area contributed by atoms with Crippen molar-refractivity contribution in [3.05, 3.63) is 29.3 Å². The lowest BCUT2D eigenvalue weighted by molar-refractivity contribution is 0.300. The van der Waals surface area contributed by atoms with Gasteiger partial charge in [-0.25, -0.2) is 0 Å². The van der Waals surface area contributed by atoms with E-state index < -0.39 is 0 Å². The predicted molar refractivity (Wildman–Crippen MR) is 87.3 cm³/mol. The maximum atomic E-state index is 5.96. The summed E-state index contributed by atoms with van der Waals surface area (Å²) in [4.78, 5) is 0. The zero-order valence-corrected chi connectivity index (χ0v) is 14.0. The first-order valence-corrected chi connectivity index (χ1v) is 8.69. The third-order valence-corrected chi connectivity index (χ3v) is 4.04. The van der Waals surface area contributed by atoms with Crippen molar-refractivity contribution in [1.82, 2.24) is 0 Å². The molecule has 0 aliphatic carbocycles. The first-order chi connectivity index (χ1) is 9.29. The number of benzene rings is 1. The molecule has 0 radical (unpaired) electrons. The van der Waals surface area contributed by atoms with Crippen LogP contribution in [0.4, 0.5) is 0 Å². The SMILES string of the molecule is CCCCCCCCCOc1c(C)cccc1CBr. The minimum atomic E-state index is 0.846. The van der Waals surface area contributed by atoms with Crippen molar-refractivity contribution in [2.24, 2.45) is 0 Å². The summed E-state index contributed by atoms with van der Waals surface area (Å²) in [5.74, 6) is 1.07. The highest BCUT2D eigenvalue weighted by molar-refractivity contribution is 9.08. The van der Waals surface area contributed by atoms with E-state index in [4.69, 9.17) is 4.74 Å². The molecule has 0 saturated heterocycles. The lowest BCUT2D eigenvalue weighted by Gasteiger charge is -2.12. The van der Waals surface area contributed by atoms with E-state index in [-0.39, 0.29) is 0 Å². The van der Waals surface area contributed by atoms with Crippen molar-refractivity contribution in [1.29, 1.82) is 0 Å². The second kappa shape index (κ2) is 10.3. The molecule has 0 atom stereocenters. The number of halogens is 1. The Morgan fingerprint density at radius 1 is 1.00 bits per heavy atom. The van der Waals surface area contributed by atoms with Crippen molar-refractivity contribution in [3.63, 3.8) is 0 Å². The van der Waals surface area contributed by atoms with Gasteiger partial charge in [-0.1, -0.05) is 79.6 Å². The molecule has 0 unspecified atom stereocenters. The van der Waals surface area contributed by atoms with Gasteiger partial charge in [0.05, 0.1) is 6.61 Å². The molecule has 0 amide bonds. The first-order valence-electron chi connectivity index (χ1n) is 7.56. The molecule has 1 nitrogen and oxygen atoms in total. The number of hydrogen-bond donors (Lipinski definition) is 0. The predicted octanol–water partition coefficient (Wildman–Crippen LogP) is 6.02. The van der Waals surface area contributed by atoms with Gasteiger partial charge in [-0.15, -0.1) is 0 Å². The van der Waals surface area contributed by atoms with Crippen LogP contribution >= 0.6 is 15.9 Å². The topological polar surface area (TPSA) is 9.23 Å². The van der Waals surface area contributed by atoms with Gasteiger partial charge in [0.15, 0.2) is 0 Å². The van der Waals surface area contributed by atoms with Gasteiger partial charge in [0.2, 0.25) is 0 Å². The van der Waals surface area contributed by atoms with E-state index in [0.717, 1.165) is 17.7 Å². The van der Waals surface area contributed by atoms with Crippen LogP contribution < -0.4 is 4.74 Å². The highest BCUT2D eigenvalue weighted by Gasteiger charge is 2.05. The van der Waals surface area contributed by atoms with Crippen LogP contribution in [0.15, 0.2) is 18.2 Å². The Bertz CT molecular complexity index is 349. The van der Waals surface area contributed by atoms with Crippen molar-refractivity contribution >= 4 is 15.9 Å². The molecule has 0 spiro atoms. The van der Waals surface area contributed by atoms with Gasteiger partial charge in [0.25, 0.3) is 0 Å². The van der Waals surface area contributed by atoms with Crippen LogP contribution in [0.25, 0.3) is 0 Å². The normalized spacial score (nSPS) is 10.7. The van der Waals surface area contributed by atoms with E-state index in [2.05, 4.69) is 48.0 Å². The van der Waals surface area contributed by atoms with Crippen LogP contribution in [0.5, 0.6) is 5.75 Å². The molecule has 108 valence electrons. The molecule has 0 N–H and O–H groups in total. The Balaban J connectivity index is 2.19. The summed E-state index contributed by atoms with van der Waals surface area (Å²) in [6.07, 6.45) is 9.29. The summed E-state index contributed by atoms with van der Waals surface area (Å²) in [7, 11) is 0. The van der Waals surface area contributed by atoms with E-state index >= 15 is 0 Å². The van der Waals surface area contributed by atoms with Crippen LogP contribution in [0.3, 0.4) is 0 Å². The standard InChI is InChI=1S/C17H27BrO/c1-3-4-5-6-7-8-9-13-19-17-15(2)11-10-12-16(17)14-18/h10-12H,3-9,13-14H2,1-2H3. The zero-order chi connectivity index (χ0) is 13.9. The number of hydrogen-bond acceptors (Lipinski definition) is 1. The third kappa shape index (κ3) is 6.47. The monoisotopic (exact) mass is 326 g/mol. The average Bonchev–Trinajstić information content (AvgIpc) is 2.43. The molecule has 0 bridgehead atoms. The second-order valence-electron chi connectivity index (χ2n) is 5.17. The molecule has 0 heterocycles. The molecule has 19 heavy (non-hydrogen) atoms. The number of ether oxygens (including phenoxy) is 1. The average molecular weight is 327 g/mol. The van der Waals surface area contributed by atoms with Crippen LogP contribution in [0.2, 0.25) is 0 Å². The van der Waals surface area contributed by atoms with Gasteiger partial charge in [0, 0.05) is 10.9 Å². The molecular weight excluding hydrogens is 300 g/mol. The molecule has 0 aromatic heterocycles. The number of para-hydroxylation sites is 1. The largest absolute Gasteiger partial charge is 0.493 e. The molecule has 1 rings (SSSR count). The van der Waals surface area contributed by atoms with Crippen LogP contribution in [0.1, 0.15) is 63.0 Å². The summed E-state index contributed by atoms with van der Waals surface area (Å²) in [6, 6.07) is 6.33. The summed E-state index contributed by atoms with van der Waals surface area (Å²) in [5.41, 5.74) is 2.49. The first kappa shape index (κ1) is 16.6. The Morgan fingerprint density at radius 2 is 1.68 bits per heavy atom. The van der Waals surface area contributed by atoms with Gasteiger partial charge in [-0.3, -0.25) is 0 Å². The molecule has 0 aliphatic rings. The molecule has 1 aromatic rings. The number of alkyl halides is 1. The van der Waals surface area contributed by atoms with E-state index in [9.17, 15) is 0 Å². The van der Waals surface area contributed by atoms with E-state index in [1.165, 1.54) is 56.1 Å². The number of unbranched alkanes of at least 4 members (excludes halogenated alkanes) is 6. The van der Waals surface area contributed by atoms with Crippen LogP contribution in [-0.2, 0) is 5.33 Å². The Morgan fingerprint density at radius 3 is 2.37 bits per heavy atom. The van der Waals surface area contributed by atoms with Crippen LogP contribution in [-0.4, -0.2) is 6.61 Å².